The SMILES string of the molecule is c1ccc(-c2nnc(-c3ccc(N(c4ccc(-n5c6ccccc6c6ccccc65)cc4)c4ccc5ccccc5c4)cc3)o2)cc1. The molecule has 0 amide bonds. The van der Waals surface area contributed by atoms with Gasteiger partial charge in [0.15, 0.2) is 0 Å². The van der Waals surface area contributed by atoms with Crippen molar-refractivity contribution < 1.29 is 4.42 Å². The molecule has 7 aromatic carbocycles. The average molecular weight is 605 g/mol. The molecule has 0 saturated carbocycles. The van der Waals surface area contributed by atoms with E-state index in [9.17, 15) is 0 Å². The molecule has 0 aliphatic rings. The summed E-state index contributed by atoms with van der Waals surface area (Å²) >= 11 is 0. The number of anilines is 3. The first kappa shape index (κ1) is 26.9. The minimum absolute atomic E-state index is 0.489. The molecule has 0 unspecified atom stereocenters. The Labute approximate surface area is 271 Å². The molecule has 9 aromatic rings. The summed E-state index contributed by atoms with van der Waals surface area (Å²) in [5, 5.41) is 13.5. The van der Waals surface area contributed by atoms with E-state index in [1.807, 2.05) is 42.5 Å². The van der Waals surface area contributed by atoms with E-state index in [0.717, 1.165) is 33.9 Å². The monoisotopic (exact) mass is 604 g/mol. The van der Waals surface area contributed by atoms with Gasteiger partial charge in [0.2, 0.25) is 11.8 Å². The number of nitrogens with zero attached hydrogens (tertiary/aromatic N) is 4. The number of para-hydroxylation sites is 2. The Hall–Kier alpha value is -6.46. The molecule has 0 spiro atoms. The molecule has 5 nitrogen and oxygen atoms in total. The Morgan fingerprint density at radius 2 is 0.936 bits per heavy atom. The van der Waals surface area contributed by atoms with Gasteiger partial charge in [0, 0.05) is 44.6 Å². The van der Waals surface area contributed by atoms with Crippen molar-refractivity contribution >= 4 is 49.6 Å². The van der Waals surface area contributed by atoms with Gasteiger partial charge in [-0.15, -0.1) is 10.2 Å². The van der Waals surface area contributed by atoms with Crippen LogP contribution in [0.5, 0.6) is 0 Å². The molecule has 0 radical (unpaired) electrons. The Morgan fingerprint density at radius 1 is 0.426 bits per heavy atom. The normalized spacial score (nSPS) is 11.4. The standard InChI is InChI=1S/C42H28N4O/c1-2-11-30(12-3-1)41-43-44-42(47-41)31-19-21-33(22-20-31)45(36-23-18-29-10-4-5-13-32(29)28-36)34-24-26-35(27-25-34)46-39-16-8-6-14-37(39)38-15-7-9-17-40(38)46/h1-28H. The van der Waals surface area contributed by atoms with Crippen molar-refractivity contribution in [3.05, 3.63) is 170 Å². The van der Waals surface area contributed by atoms with Gasteiger partial charge in [-0.25, -0.2) is 0 Å². The van der Waals surface area contributed by atoms with Crippen molar-refractivity contribution in [3.8, 4) is 28.6 Å². The largest absolute Gasteiger partial charge is 0.416 e. The fourth-order valence-corrected chi connectivity index (χ4v) is 6.50. The first-order valence-electron chi connectivity index (χ1n) is 15.7. The highest BCUT2D eigenvalue weighted by atomic mass is 16.4. The van der Waals surface area contributed by atoms with Crippen LogP contribution in [-0.4, -0.2) is 14.8 Å². The van der Waals surface area contributed by atoms with Crippen LogP contribution in [0.4, 0.5) is 17.1 Å². The molecule has 0 saturated heterocycles. The lowest BCUT2D eigenvalue weighted by Gasteiger charge is -2.26. The van der Waals surface area contributed by atoms with Crippen LogP contribution in [0, 0.1) is 0 Å². The predicted octanol–water partition coefficient (Wildman–Crippen LogP) is 11.1. The molecular formula is C42H28N4O. The fourth-order valence-electron chi connectivity index (χ4n) is 6.50. The summed E-state index contributed by atoms with van der Waals surface area (Å²) in [6, 6.07) is 59.2. The van der Waals surface area contributed by atoms with Crippen LogP contribution in [0.25, 0.3) is 61.2 Å². The molecule has 0 fully saturated rings. The van der Waals surface area contributed by atoms with Crippen molar-refractivity contribution in [1.29, 1.82) is 0 Å². The summed E-state index contributed by atoms with van der Waals surface area (Å²) < 4.78 is 8.39. The van der Waals surface area contributed by atoms with Gasteiger partial charge in [0.25, 0.3) is 0 Å². The molecule has 0 aliphatic heterocycles. The predicted molar refractivity (Wildman–Crippen MR) is 192 cm³/mol. The zero-order valence-corrected chi connectivity index (χ0v) is 25.4. The van der Waals surface area contributed by atoms with E-state index in [-0.39, 0.29) is 0 Å². The van der Waals surface area contributed by atoms with Crippen LogP contribution in [0.3, 0.4) is 0 Å². The summed E-state index contributed by atoms with van der Waals surface area (Å²) in [6.07, 6.45) is 0. The number of hydrogen-bond acceptors (Lipinski definition) is 4. The Morgan fingerprint density at radius 3 is 1.60 bits per heavy atom. The molecular weight excluding hydrogens is 576 g/mol. The van der Waals surface area contributed by atoms with E-state index in [1.165, 1.54) is 32.6 Å². The van der Waals surface area contributed by atoms with E-state index in [2.05, 4.69) is 147 Å². The summed E-state index contributed by atoms with van der Waals surface area (Å²) in [6.45, 7) is 0. The summed E-state index contributed by atoms with van der Waals surface area (Å²) in [5.41, 5.74) is 8.42. The van der Waals surface area contributed by atoms with Gasteiger partial charge in [0.1, 0.15) is 0 Å². The zero-order valence-electron chi connectivity index (χ0n) is 25.4. The van der Waals surface area contributed by atoms with E-state index in [0.29, 0.717) is 11.8 Å². The number of fused-ring (bicyclic) bond motifs is 4. The van der Waals surface area contributed by atoms with Crippen LogP contribution in [0.15, 0.2) is 174 Å². The highest BCUT2D eigenvalue weighted by Crippen LogP contribution is 2.38. The maximum atomic E-state index is 6.05. The molecule has 9 rings (SSSR count). The van der Waals surface area contributed by atoms with Crippen molar-refractivity contribution in [2.45, 2.75) is 0 Å². The third-order valence-corrected chi connectivity index (χ3v) is 8.76. The van der Waals surface area contributed by atoms with E-state index in [1.54, 1.807) is 0 Å². The molecule has 0 aliphatic carbocycles. The smallest absolute Gasteiger partial charge is 0.248 e. The zero-order chi connectivity index (χ0) is 31.2. The quantitative estimate of drug-likeness (QED) is 0.189. The Balaban J connectivity index is 1.13. The number of benzene rings is 7. The maximum Gasteiger partial charge on any atom is 0.248 e. The van der Waals surface area contributed by atoms with Gasteiger partial charge in [-0.2, -0.15) is 0 Å². The van der Waals surface area contributed by atoms with Gasteiger partial charge in [0.05, 0.1) is 11.0 Å². The van der Waals surface area contributed by atoms with E-state index < -0.39 is 0 Å². The minimum Gasteiger partial charge on any atom is -0.416 e. The molecule has 5 heteroatoms. The molecule has 2 aromatic heterocycles. The lowest BCUT2D eigenvalue weighted by atomic mass is 10.1. The second-order valence-electron chi connectivity index (χ2n) is 11.6. The topological polar surface area (TPSA) is 47.1 Å². The lowest BCUT2D eigenvalue weighted by Crippen LogP contribution is -2.10. The number of aromatic nitrogens is 3. The van der Waals surface area contributed by atoms with Gasteiger partial charge >= 0.3 is 0 Å². The highest BCUT2D eigenvalue weighted by Gasteiger charge is 2.17. The third-order valence-electron chi connectivity index (χ3n) is 8.76. The summed E-state index contributed by atoms with van der Waals surface area (Å²) in [7, 11) is 0. The van der Waals surface area contributed by atoms with Crippen LogP contribution in [-0.2, 0) is 0 Å². The second kappa shape index (κ2) is 11.2. The van der Waals surface area contributed by atoms with Gasteiger partial charge in [-0.05, 0) is 95.7 Å². The number of rotatable bonds is 6. The molecule has 0 atom stereocenters. The third kappa shape index (κ3) is 4.73. The van der Waals surface area contributed by atoms with Crippen LogP contribution in [0.2, 0.25) is 0 Å². The van der Waals surface area contributed by atoms with E-state index in [4.69, 9.17) is 4.42 Å². The molecule has 47 heavy (non-hydrogen) atoms. The molecule has 0 bridgehead atoms. The molecule has 0 N–H and O–H groups in total. The molecule has 222 valence electrons. The maximum absolute atomic E-state index is 6.05. The highest BCUT2D eigenvalue weighted by molar-refractivity contribution is 6.09. The minimum atomic E-state index is 0.489. The van der Waals surface area contributed by atoms with Crippen molar-refractivity contribution in [3.63, 3.8) is 0 Å². The summed E-state index contributed by atoms with van der Waals surface area (Å²) in [5.74, 6) is 0.994. The van der Waals surface area contributed by atoms with E-state index >= 15 is 0 Å². The van der Waals surface area contributed by atoms with Crippen LogP contribution >= 0.6 is 0 Å². The fraction of sp³-hybridized carbons (Fsp3) is 0. The summed E-state index contributed by atoms with van der Waals surface area (Å²) in [4.78, 5) is 2.29. The van der Waals surface area contributed by atoms with Crippen molar-refractivity contribution in [1.82, 2.24) is 14.8 Å². The van der Waals surface area contributed by atoms with Gasteiger partial charge < -0.3 is 13.9 Å². The van der Waals surface area contributed by atoms with Crippen LogP contribution < -0.4 is 4.90 Å². The number of hydrogen-bond donors (Lipinski definition) is 0. The van der Waals surface area contributed by atoms with Crippen LogP contribution in [0.1, 0.15) is 0 Å². The van der Waals surface area contributed by atoms with Crippen molar-refractivity contribution in [2.24, 2.45) is 0 Å². The average Bonchev–Trinajstić information content (AvgIpc) is 3.77. The lowest BCUT2D eigenvalue weighted by molar-refractivity contribution is 0.584. The second-order valence-corrected chi connectivity index (χ2v) is 11.6. The molecule has 2 heterocycles. The Kier molecular flexibility index (Phi) is 6.39. The first-order valence-corrected chi connectivity index (χ1v) is 15.7. The van der Waals surface area contributed by atoms with Gasteiger partial charge in [-0.1, -0.05) is 84.9 Å². The Bertz CT molecular complexity index is 2460. The first-order chi connectivity index (χ1) is 23.3. The van der Waals surface area contributed by atoms with Crippen molar-refractivity contribution in [2.75, 3.05) is 4.90 Å². The van der Waals surface area contributed by atoms with Gasteiger partial charge in [-0.3, -0.25) is 0 Å².